The number of amides is 1. The van der Waals surface area contributed by atoms with Crippen LogP contribution in [0.15, 0.2) is 12.1 Å². The number of benzene rings is 1. The molecule has 21 heavy (non-hydrogen) atoms. The first kappa shape index (κ1) is 14.0. The van der Waals surface area contributed by atoms with E-state index in [0.29, 0.717) is 35.6 Å². The first-order chi connectivity index (χ1) is 9.94. The molecule has 1 aromatic rings. The van der Waals surface area contributed by atoms with Crippen LogP contribution in [0.1, 0.15) is 23.2 Å². The van der Waals surface area contributed by atoms with Crippen molar-refractivity contribution in [2.75, 3.05) is 24.0 Å². The smallest absolute Gasteiger partial charge is 0.253 e. The molecule has 0 unspecified atom stereocenters. The van der Waals surface area contributed by atoms with Gasteiger partial charge in [0.25, 0.3) is 5.91 Å². The van der Waals surface area contributed by atoms with E-state index < -0.39 is 9.84 Å². The number of nitrogen functional groups attached to an aromatic ring is 1. The molecule has 1 aromatic carbocycles. The number of hydrogen-bond donors (Lipinski definition) is 2. The molecule has 114 valence electrons. The predicted octanol–water partition coefficient (Wildman–Crippen LogP) is 0.304. The summed E-state index contributed by atoms with van der Waals surface area (Å²) in [7, 11) is -2.94. The second-order valence-corrected chi connectivity index (χ2v) is 7.50. The third-order valence-electron chi connectivity index (χ3n) is 3.68. The summed E-state index contributed by atoms with van der Waals surface area (Å²) >= 11 is 0. The normalized spacial score (nSPS) is 20.2. The highest BCUT2D eigenvalue weighted by Crippen LogP contribution is 2.35. The molecule has 0 aromatic heterocycles. The zero-order chi connectivity index (χ0) is 15.0. The molecule has 0 aliphatic carbocycles. The van der Waals surface area contributed by atoms with E-state index in [4.69, 9.17) is 15.2 Å². The summed E-state index contributed by atoms with van der Waals surface area (Å²) in [6.45, 7) is 0.111. The van der Waals surface area contributed by atoms with E-state index in [-0.39, 0.29) is 30.2 Å². The summed E-state index contributed by atoms with van der Waals surface area (Å²) in [5.74, 6) is 0.895. The molecule has 0 spiro atoms. The highest BCUT2D eigenvalue weighted by atomic mass is 32.2. The number of rotatable bonds is 2. The Hall–Kier alpha value is -1.96. The van der Waals surface area contributed by atoms with Crippen LogP contribution < -0.4 is 20.5 Å². The summed E-state index contributed by atoms with van der Waals surface area (Å²) in [5, 5.41) is 2.83. The number of carbonyl (C=O) groups excluding carboxylic acids is 1. The minimum atomic E-state index is -2.94. The fraction of sp³-hybridized carbons (Fsp3) is 0.462. The van der Waals surface area contributed by atoms with Crippen molar-refractivity contribution in [3.8, 4) is 11.5 Å². The van der Waals surface area contributed by atoms with Gasteiger partial charge in [-0.1, -0.05) is 0 Å². The first-order valence-electron chi connectivity index (χ1n) is 6.65. The van der Waals surface area contributed by atoms with E-state index >= 15 is 0 Å². The lowest BCUT2D eigenvalue weighted by atomic mass is 10.1. The maximum atomic E-state index is 12.3. The Bertz CT molecular complexity index is 672. The van der Waals surface area contributed by atoms with Crippen LogP contribution in [0.2, 0.25) is 0 Å². The van der Waals surface area contributed by atoms with Crippen molar-refractivity contribution in [2.24, 2.45) is 0 Å². The Kier molecular flexibility index (Phi) is 3.40. The minimum absolute atomic E-state index is 0.106. The molecule has 2 aliphatic heterocycles. The highest BCUT2D eigenvalue weighted by Gasteiger charge is 2.26. The largest absolute Gasteiger partial charge is 0.454 e. The van der Waals surface area contributed by atoms with Crippen LogP contribution in [0.25, 0.3) is 0 Å². The highest BCUT2D eigenvalue weighted by molar-refractivity contribution is 7.91. The Morgan fingerprint density at radius 1 is 1.19 bits per heavy atom. The molecular formula is C13H16N2O5S. The molecule has 1 amide bonds. The van der Waals surface area contributed by atoms with E-state index in [0.717, 1.165) is 0 Å². The van der Waals surface area contributed by atoms with Crippen molar-refractivity contribution < 1.29 is 22.7 Å². The van der Waals surface area contributed by atoms with E-state index in [2.05, 4.69) is 5.32 Å². The molecule has 8 heteroatoms. The number of ether oxygens (including phenoxy) is 2. The van der Waals surface area contributed by atoms with Crippen molar-refractivity contribution in [3.05, 3.63) is 17.7 Å². The molecule has 3 rings (SSSR count). The van der Waals surface area contributed by atoms with Crippen LogP contribution in [-0.4, -0.2) is 38.7 Å². The topological polar surface area (TPSA) is 108 Å². The maximum absolute atomic E-state index is 12.3. The molecular weight excluding hydrogens is 296 g/mol. The average Bonchev–Trinajstić information content (AvgIpc) is 2.87. The summed E-state index contributed by atoms with van der Waals surface area (Å²) < 4.78 is 33.2. The van der Waals surface area contributed by atoms with Crippen molar-refractivity contribution in [2.45, 2.75) is 18.9 Å². The second kappa shape index (κ2) is 5.10. The quantitative estimate of drug-likeness (QED) is 0.761. The van der Waals surface area contributed by atoms with Crippen LogP contribution in [0, 0.1) is 0 Å². The molecule has 1 saturated heterocycles. The van der Waals surface area contributed by atoms with Gasteiger partial charge < -0.3 is 20.5 Å². The molecule has 0 saturated carbocycles. The average molecular weight is 312 g/mol. The van der Waals surface area contributed by atoms with E-state index in [1.165, 1.54) is 0 Å². The zero-order valence-electron chi connectivity index (χ0n) is 11.3. The van der Waals surface area contributed by atoms with Gasteiger partial charge in [0.15, 0.2) is 11.5 Å². The first-order valence-corrected chi connectivity index (χ1v) is 8.47. The molecule has 0 atom stereocenters. The summed E-state index contributed by atoms with van der Waals surface area (Å²) in [5.41, 5.74) is 6.47. The summed E-state index contributed by atoms with van der Waals surface area (Å²) in [6, 6.07) is 2.96. The third-order valence-corrected chi connectivity index (χ3v) is 5.39. The number of anilines is 1. The Morgan fingerprint density at radius 3 is 2.48 bits per heavy atom. The molecule has 0 radical (unpaired) electrons. The van der Waals surface area contributed by atoms with Gasteiger partial charge in [-0.3, -0.25) is 4.79 Å². The van der Waals surface area contributed by atoms with Gasteiger partial charge >= 0.3 is 0 Å². The van der Waals surface area contributed by atoms with Crippen LogP contribution in [0.5, 0.6) is 11.5 Å². The Labute approximate surface area is 122 Å². The predicted molar refractivity (Wildman–Crippen MR) is 76.1 cm³/mol. The van der Waals surface area contributed by atoms with E-state index in [9.17, 15) is 13.2 Å². The lowest BCUT2D eigenvalue weighted by molar-refractivity contribution is 0.0934. The number of carbonyl (C=O) groups is 1. The van der Waals surface area contributed by atoms with Gasteiger partial charge in [-0.05, 0) is 18.9 Å². The van der Waals surface area contributed by atoms with Crippen LogP contribution in [-0.2, 0) is 9.84 Å². The van der Waals surface area contributed by atoms with E-state index in [1.54, 1.807) is 12.1 Å². The SMILES string of the molecule is Nc1cc2c(cc1C(=O)NC1CCS(=O)(=O)CC1)OCO2. The van der Waals surface area contributed by atoms with Gasteiger partial charge in [-0.2, -0.15) is 0 Å². The molecule has 1 fully saturated rings. The standard InChI is InChI=1S/C13H16N2O5S/c14-10-6-12-11(19-7-20-12)5-9(10)13(16)15-8-1-3-21(17,18)4-2-8/h5-6,8H,1-4,7,14H2,(H,15,16). The molecule has 0 bridgehead atoms. The fourth-order valence-electron chi connectivity index (χ4n) is 2.45. The van der Waals surface area contributed by atoms with Gasteiger partial charge in [0.1, 0.15) is 9.84 Å². The van der Waals surface area contributed by atoms with Gasteiger partial charge in [-0.25, -0.2) is 8.42 Å². The lowest BCUT2D eigenvalue weighted by Gasteiger charge is -2.23. The van der Waals surface area contributed by atoms with Gasteiger partial charge in [-0.15, -0.1) is 0 Å². The number of hydrogen-bond acceptors (Lipinski definition) is 6. The Balaban J connectivity index is 1.72. The number of nitrogens with one attached hydrogen (secondary N) is 1. The number of fused-ring (bicyclic) bond motifs is 1. The molecule has 2 heterocycles. The Morgan fingerprint density at radius 2 is 1.81 bits per heavy atom. The molecule has 3 N–H and O–H groups in total. The van der Waals surface area contributed by atoms with E-state index in [1.807, 2.05) is 0 Å². The van der Waals surface area contributed by atoms with Crippen molar-refractivity contribution >= 4 is 21.4 Å². The lowest BCUT2D eigenvalue weighted by Crippen LogP contribution is -2.41. The second-order valence-electron chi connectivity index (χ2n) is 5.19. The molecule has 2 aliphatic rings. The van der Waals surface area contributed by atoms with Crippen molar-refractivity contribution in [1.82, 2.24) is 5.32 Å². The fourth-order valence-corrected chi connectivity index (χ4v) is 3.94. The van der Waals surface area contributed by atoms with Crippen LogP contribution in [0.4, 0.5) is 5.69 Å². The summed E-state index contributed by atoms with van der Waals surface area (Å²) in [6.07, 6.45) is 0.858. The molecule has 7 nitrogen and oxygen atoms in total. The zero-order valence-corrected chi connectivity index (χ0v) is 12.1. The van der Waals surface area contributed by atoms with Gasteiger partial charge in [0, 0.05) is 17.8 Å². The number of sulfone groups is 1. The van der Waals surface area contributed by atoms with Gasteiger partial charge in [0.2, 0.25) is 6.79 Å². The van der Waals surface area contributed by atoms with Crippen molar-refractivity contribution in [1.29, 1.82) is 0 Å². The van der Waals surface area contributed by atoms with Crippen LogP contribution in [0.3, 0.4) is 0 Å². The third kappa shape index (κ3) is 2.90. The van der Waals surface area contributed by atoms with Crippen molar-refractivity contribution in [3.63, 3.8) is 0 Å². The monoisotopic (exact) mass is 312 g/mol. The minimum Gasteiger partial charge on any atom is -0.454 e. The van der Waals surface area contributed by atoms with Crippen LogP contribution >= 0.6 is 0 Å². The summed E-state index contributed by atoms with van der Waals surface area (Å²) in [4.78, 5) is 12.3. The van der Waals surface area contributed by atoms with Gasteiger partial charge in [0.05, 0.1) is 17.1 Å². The maximum Gasteiger partial charge on any atom is 0.253 e. The number of nitrogens with two attached hydrogens (primary N) is 1.